The number of benzene rings is 3. The fraction of sp³-hybridized carbons (Fsp3) is 0.0769. The van der Waals surface area contributed by atoms with Crippen LogP contribution in [0.4, 0.5) is 5.69 Å². The van der Waals surface area contributed by atoms with Crippen LogP contribution in [-0.2, 0) is 11.8 Å². The molecule has 0 radical (unpaired) electrons. The molecule has 5 aromatic rings. The highest BCUT2D eigenvalue weighted by atomic mass is 32.2. The van der Waals surface area contributed by atoms with Crippen LogP contribution in [0.15, 0.2) is 113 Å². The van der Waals surface area contributed by atoms with Gasteiger partial charge in [0.05, 0.1) is 5.75 Å². The van der Waals surface area contributed by atoms with Gasteiger partial charge in [-0.15, -0.1) is 10.2 Å². The monoisotopic (exact) mass is 498 g/mol. The number of aromatic nitrogens is 5. The van der Waals surface area contributed by atoms with Gasteiger partial charge in [0.2, 0.25) is 5.91 Å². The fourth-order valence-electron chi connectivity index (χ4n) is 3.44. The molecule has 0 aliphatic carbocycles. The standard InChI is InChI=1S/C26H22N6OS2/c1-31-17-16-27-25(31)35-22-14-12-20(13-15-22)28-23(33)18-34-26-30-29-24(19-8-4-2-5-9-19)32(26)21-10-6-3-7-11-21/h2-17H,18H2,1H3,(H,28,33). The first kappa shape index (κ1) is 22.9. The molecule has 35 heavy (non-hydrogen) atoms. The molecule has 2 heterocycles. The van der Waals surface area contributed by atoms with E-state index in [-0.39, 0.29) is 11.7 Å². The summed E-state index contributed by atoms with van der Waals surface area (Å²) in [6.07, 6.45) is 3.69. The quantitative estimate of drug-likeness (QED) is 0.283. The lowest BCUT2D eigenvalue weighted by molar-refractivity contribution is -0.113. The van der Waals surface area contributed by atoms with Gasteiger partial charge in [0, 0.05) is 41.3 Å². The summed E-state index contributed by atoms with van der Waals surface area (Å²) in [5.74, 6) is 0.840. The number of para-hydroxylation sites is 1. The van der Waals surface area contributed by atoms with E-state index in [9.17, 15) is 4.79 Å². The maximum Gasteiger partial charge on any atom is 0.234 e. The van der Waals surface area contributed by atoms with Crippen molar-refractivity contribution in [3.63, 3.8) is 0 Å². The number of imidazole rings is 1. The molecule has 0 aliphatic rings. The number of nitrogens with one attached hydrogen (secondary N) is 1. The van der Waals surface area contributed by atoms with E-state index in [1.807, 2.05) is 107 Å². The second-order valence-corrected chi connectivity index (χ2v) is 9.61. The summed E-state index contributed by atoms with van der Waals surface area (Å²) in [7, 11) is 1.96. The van der Waals surface area contributed by atoms with Crippen molar-refractivity contribution in [1.29, 1.82) is 0 Å². The van der Waals surface area contributed by atoms with Crippen LogP contribution in [0.25, 0.3) is 17.1 Å². The SMILES string of the molecule is Cn1ccnc1Sc1ccc(NC(=O)CSc2nnc(-c3ccccc3)n2-c2ccccc2)cc1. The van der Waals surface area contributed by atoms with Crippen molar-refractivity contribution in [1.82, 2.24) is 24.3 Å². The lowest BCUT2D eigenvalue weighted by atomic mass is 10.2. The molecule has 7 nitrogen and oxygen atoms in total. The molecule has 1 N–H and O–H groups in total. The van der Waals surface area contributed by atoms with Crippen LogP contribution in [0.5, 0.6) is 0 Å². The Labute approximate surface area is 211 Å². The Morgan fingerprint density at radius 2 is 1.60 bits per heavy atom. The van der Waals surface area contributed by atoms with Gasteiger partial charge in [-0.2, -0.15) is 0 Å². The number of carbonyl (C=O) groups is 1. The minimum Gasteiger partial charge on any atom is -0.329 e. The predicted molar refractivity (Wildman–Crippen MR) is 140 cm³/mol. The molecule has 0 spiro atoms. The zero-order valence-electron chi connectivity index (χ0n) is 18.9. The second kappa shape index (κ2) is 10.6. The molecule has 0 atom stereocenters. The van der Waals surface area contributed by atoms with Crippen LogP contribution in [0, 0.1) is 0 Å². The summed E-state index contributed by atoms with van der Waals surface area (Å²) in [5, 5.41) is 13.3. The second-order valence-electron chi connectivity index (χ2n) is 7.63. The average molecular weight is 499 g/mol. The molecule has 0 bridgehead atoms. The van der Waals surface area contributed by atoms with Gasteiger partial charge in [-0.05, 0) is 36.4 Å². The number of rotatable bonds is 8. The minimum atomic E-state index is -0.108. The molecular weight excluding hydrogens is 476 g/mol. The first-order valence-corrected chi connectivity index (χ1v) is 12.7. The Bertz CT molecular complexity index is 1420. The Hall–Kier alpha value is -3.82. The summed E-state index contributed by atoms with van der Waals surface area (Å²) < 4.78 is 3.95. The topological polar surface area (TPSA) is 77.6 Å². The summed E-state index contributed by atoms with van der Waals surface area (Å²) in [5.41, 5.74) is 2.65. The molecule has 174 valence electrons. The van der Waals surface area contributed by atoms with Crippen molar-refractivity contribution in [2.75, 3.05) is 11.1 Å². The average Bonchev–Trinajstić information content (AvgIpc) is 3.51. The lowest BCUT2D eigenvalue weighted by Crippen LogP contribution is -2.14. The highest BCUT2D eigenvalue weighted by Crippen LogP contribution is 2.29. The van der Waals surface area contributed by atoms with E-state index < -0.39 is 0 Å². The van der Waals surface area contributed by atoms with Crippen molar-refractivity contribution in [2.24, 2.45) is 7.05 Å². The van der Waals surface area contributed by atoms with Gasteiger partial charge in [0.1, 0.15) is 0 Å². The van der Waals surface area contributed by atoms with Crippen molar-refractivity contribution in [2.45, 2.75) is 15.2 Å². The lowest BCUT2D eigenvalue weighted by Gasteiger charge is -2.10. The molecule has 1 amide bonds. The molecule has 2 aromatic heterocycles. The summed E-state index contributed by atoms with van der Waals surface area (Å²) in [4.78, 5) is 18.1. The molecule has 0 saturated heterocycles. The van der Waals surface area contributed by atoms with Crippen LogP contribution in [0.3, 0.4) is 0 Å². The third-order valence-corrected chi connectivity index (χ3v) is 7.15. The minimum absolute atomic E-state index is 0.108. The first-order valence-electron chi connectivity index (χ1n) is 10.9. The largest absolute Gasteiger partial charge is 0.329 e. The summed E-state index contributed by atoms with van der Waals surface area (Å²) in [6.45, 7) is 0. The predicted octanol–water partition coefficient (Wildman–Crippen LogP) is 5.55. The summed E-state index contributed by atoms with van der Waals surface area (Å²) >= 11 is 2.93. The van der Waals surface area contributed by atoms with E-state index in [1.165, 1.54) is 11.8 Å². The number of carbonyl (C=O) groups excluding carboxylic acids is 1. The first-order chi connectivity index (χ1) is 17.2. The molecule has 3 aromatic carbocycles. The Kier molecular flexibility index (Phi) is 6.97. The summed E-state index contributed by atoms with van der Waals surface area (Å²) in [6, 6.07) is 27.6. The number of hydrogen-bond acceptors (Lipinski definition) is 6. The normalized spacial score (nSPS) is 10.9. The molecule has 9 heteroatoms. The Morgan fingerprint density at radius 1 is 0.886 bits per heavy atom. The van der Waals surface area contributed by atoms with Crippen LogP contribution >= 0.6 is 23.5 Å². The number of hydrogen-bond donors (Lipinski definition) is 1. The van der Waals surface area contributed by atoms with Crippen molar-refractivity contribution in [3.05, 3.63) is 97.3 Å². The van der Waals surface area contributed by atoms with Gasteiger partial charge in [-0.3, -0.25) is 9.36 Å². The van der Waals surface area contributed by atoms with Gasteiger partial charge in [0.25, 0.3) is 0 Å². The molecule has 0 aliphatic heterocycles. The number of thioether (sulfide) groups is 1. The third kappa shape index (κ3) is 5.47. The maximum atomic E-state index is 12.7. The zero-order valence-corrected chi connectivity index (χ0v) is 20.5. The van der Waals surface area contributed by atoms with Gasteiger partial charge in [-0.25, -0.2) is 4.98 Å². The van der Waals surface area contributed by atoms with Crippen LogP contribution in [0.1, 0.15) is 0 Å². The fourth-order valence-corrected chi connectivity index (χ4v) is 4.99. The van der Waals surface area contributed by atoms with E-state index in [0.29, 0.717) is 5.16 Å². The van der Waals surface area contributed by atoms with Crippen molar-refractivity contribution >= 4 is 35.1 Å². The highest BCUT2D eigenvalue weighted by Gasteiger charge is 2.17. The number of nitrogens with zero attached hydrogens (tertiary/aromatic N) is 5. The van der Waals surface area contributed by atoms with Gasteiger partial charge in [-0.1, -0.05) is 72.1 Å². The molecule has 0 saturated carbocycles. The maximum absolute atomic E-state index is 12.7. The molecule has 0 fully saturated rings. The van der Waals surface area contributed by atoms with E-state index in [2.05, 4.69) is 20.5 Å². The number of anilines is 1. The number of amides is 1. The third-order valence-electron chi connectivity index (χ3n) is 5.14. The van der Waals surface area contributed by atoms with Crippen LogP contribution < -0.4 is 5.32 Å². The smallest absolute Gasteiger partial charge is 0.234 e. The highest BCUT2D eigenvalue weighted by molar-refractivity contribution is 7.99. The molecule has 0 unspecified atom stereocenters. The van der Waals surface area contributed by atoms with Crippen LogP contribution in [-0.4, -0.2) is 36.0 Å². The van der Waals surface area contributed by atoms with Crippen LogP contribution in [0.2, 0.25) is 0 Å². The van der Waals surface area contributed by atoms with Crippen molar-refractivity contribution < 1.29 is 4.79 Å². The Morgan fingerprint density at radius 3 is 2.29 bits per heavy atom. The van der Waals surface area contributed by atoms with Crippen molar-refractivity contribution in [3.8, 4) is 17.1 Å². The van der Waals surface area contributed by atoms with Gasteiger partial charge >= 0.3 is 0 Å². The van der Waals surface area contributed by atoms with E-state index in [1.54, 1.807) is 18.0 Å². The Balaban J connectivity index is 1.27. The zero-order chi connectivity index (χ0) is 24.0. The van der Waals surface area contributed by atoms with Gasteiger partial charge in [0.15, 0.2) is 16.1 Å². The molecular formula is C26H22N6OS2. The number of aryl methyl sites for hydroxylation is 1. The molecule has 5 rings (SSSR count). The van der Waals surface area contributed by atoms with E-state index in [0.717, 1.165) is 32.8 Å². The van der Waals surface area contributed by atoms with Gasteiger partial charge < -0.3 is 9.88 Å². The van der Waals surface area contributed by atoms with E-state index >= 15 is 0 Å². The van der Waals surface area contributed by atoms with E-state index in [4.69, 9.17) is 0 Å².